The topological polar surface area (TPSA) is 70.2 Å². The minimum absolute atomic E-state index is 0.113. The fourth-order valence-corrected chi connectivity index (χ4v) is 2.16. The summed E-state index contributed by atoms with van der Waals surface area (Å²) >= 11 is 0. The van der Waals surface area contributed by atoms with Gasteiger partial charge in [0.05, 0.1) is 6.54 Å². The third-order valence-corrected chi connectivity index (χ3v) is 3.19. The van der Waals surface area contributed by atoms with Crippen LogP contribution in [0.3, 0.4) is 0 Å². The summed E-state index contributed by atoms with van der Waals surface area (Å²) < 4.78 is 0. The lowest BCUT2D eigenvalue weighted by atomic mass is 10.1. The normalized spacial score (nSPS) is 10.1. The third-order valence-electron chi connectivity index (χ3n) is 3.19. The average molecular weight is 311 g/mol. The number of hydrogen-bond acceptors (Lipinski definition) is 3. The lowest BCUT2D eigenvalue weighted by Gasteiger charge is -2.09. The van der Waals surface area contributed by atoms with Crippen LogP contribution >= 0.6 is 0 Å². The molecule has 2 aromatic rings. The molecule has 0 saturated heterocycles. The second-order valence-corrected chi connectivity index (χ2v) is 5.22. The lowest BCUT2D eigenvalue weighted by molar-refractivity contribution is -0.115. The Morgan fingerprint density at radius 3 is 2.30 bits per heavy atom. The van der Waals surface area contributed by atoms with Crippen molar-refractivity contribution in [2.45, 2.75) is 13.3 Å². The van der Waals surface area contributed by atoms with Crippen molar-refractivity contribution in [1.29, 1.82) is 0 Å². The molecule has 0 atom stereocenters. The number of hydrogen-bond donors (Lipinski definition) is 3. The van der Waals surface area contributed by atoms with Gasteiger partial charge in [-0.25, -0.2) is 0 Å². The molecule has 0 radical (unpaired) electrons. The van der Waals surface area contributed by atoms with Crippen molar-refractivity contribution in [3.8, 4) is 0 Å². The van der Waals surface area contributed by atoms with Gasteiger partial charge in [-0.05, 0) is 36.7 Å². The van der Waals surface area contributed by atoms with Crippen molar-refractivity contribution in [3.63, 3.8) is 0 Å². The molecular weight excluding hydrogens is 290 g/mol. The van der Waals surface area contributed by atoms with Crippen LogP contribution in [0.5, 0.6) is 0 Å². The molecule has 0 aliphatic carbocycles. The van der Waals surface area contributed by atoms with Crippen molar-refractivity contribution in [1.82, 2.24) is 5.32 Å². The van der Waals surface area contributed by atoms with Gasteiger partial charge in [0.25, 0.3) is 0 Å². The number of rotatable bonds is 7. The molecule has 3 N–H and O–H groups in total. The molecule has 0 fully saturated rings. The molecule has 5 heteroatoms. The van der Waals surface area contributed by atoms with Crippen LogP contribution in [-0.2, 0) is 16.0 Å². The maximum atomic E-state index is 11.9. The van der Waals surface area contributed by atoms with Crippen LogP contribution in [0.2, 0.25) is 0 Å². The summed E-state index contributed by atoms with van der Waals surface area (Å²) in [5, 5.41) is 8.60. The van der Waals surface area contributed by atoms with Gasteiger partial charge in [-0.1, -0.05) is 36.4 Å². The number of benzene rings is 2. The minimum atomic E-state index is -0.143. The van der Waals surface area contributed by atoms with Gasteiger partial charge < -0.3 is 16.0 Å². The first-order valence-corrected chi connectivity index (χ1v) is 7.55. The molecule has 2 rings (SSSR count). The fourth-order valence-electron chi connectivity index (χ4n) is 2.16. The van der Waals surface area contributed by atoms with Crippen LogP contribution in [0.1, 0.15) is 12.5 Å². The van der Waals surface area contributed by atoms with E-state index in [0.29, 0.717) is 11.4 Å². The number of nitrogens with one attached hydrogen (secondary N) is 3. The molecule has 2 amide bonds. The van der Waals surface area contributed by atoms with E-state index < -0.39 is 0 Å². The standard InChI is InChI=1S/C18H21N3O2/c1-14(22)20-16-8-5-9-17(12-16)21-18(23)13-19-11-10-15-6-3-2-4-7-15/h2-9,12,19H,10-11,13H2,1H3,(H,20,22)(H,21,23). The molecule has 0 saturated carbocycles. The molecule has 0 unspecified atom stereocenters. The molecule has 0 heterocycles. The minimum Gasteiger partial charge on any atom is -0.326 e. The summed E-state index contributed by atoms with van der Waals surface area (Å²) in [4.78, 5) is 22.9. The van der Waals surface area contributed by atoms with Crippen molar-refractivity contribution in [2.75, 3.05) is 23.7 Å². The van der Waals surface area contributed by atoms with E-state index >= 15 is 0 Å². The molecule has 2 aromatic carbocycles. The van der Waals surface area contributed by atoms with E-state index in [0.717, 1.165) is 13.0 Å². The van der Waals surface area contributed by atoms with Crippen molar-refractivity contribution in [3.05, 3.63) is 60.2 Å². The van der Waals surface area contributed by atoms with E-state index in [1.807, 2.05) is 18.2 Å². The summed E-state index contributed by atoms with van der Waals surface area (Å²) in [6, 6.07) is 17.2. The molecular formula is C18H21N3O2. The Morgan fingerprint density at radius 2 is 1.61 bits per heavy atom. The van der Waals surface area contributed by atoms with Crippen LogP contribution in [0.15, 0.2) is 54.6 Å². The van der Waals surface area contributed by atoms with Gasteiger partial charge in [0.1, 0.15) is 0 Å². The van der Waals surface area contributed by atoms with Crippen molar-refractivity contribution >= 4 is 23.2 Å². The van der Waals surface area contributed by atoms with E-state index in [4.69, 9.17) is 0 Å². The number of anilines is 2. The maximum absolute atomic E-state index is 11.9. The first kappa shape index (κ1) is 16.7. The largest absolute Gasteiger partial charge is 0.326 e. The van der Waals surface area contributed by atoms with Gasteiger partial charge >= 0.3 is 0 Å². The van der Waals surface area contributed by atoms with Crippen LogP contribution in [0.4, 0.5) is 11.4 Å². The Morgan fingerprint density at radius 1 is 0.913 bits per heavy atom. The van der Waals surface area contributed by atoms with Crippen molar-refractivity contribution < 1.29 is 9.59 Å². The highest BCUT2D eigenvalue weighted by Crippen LogP contribution is 2.14. The Kier molecular flexibility index (Phi) is 6.32. The van der Waals surface area contributed by atoms with Gasteiger partial charge in [-0.15, -0.1) is 0 Å². The lowest BCUT2D eigenvalue weighted by Crippen LogP contribution is -2.29. The van der Waals surface area contributed by atoms with E-state index in [1.54, 1.807) is 24.3 Å². The average Bonchev–Trinajstić information content (AvgIpc) is 2.52. The number of carbonyl (C=O) groups is 2. The number of carbonyl (C=O) groups excluding carboxylic acids is 2. The highest BCUT2D eigenvalue weighted by Gasteiger charge is 2.03. The van der Waals surface area contributed by atoms with Gasteiger partial charge in [0, 0.05) is 18.3 Å². The molecule has 0 aromatic heterocycles. The summed E-state index contributed by atoms with van der Waals surface area (Å²) in [7, 11) is 0. The second-order valence-electron chi connectivity index (χ2n) is 5.22. The Labute approximate surface area is 136 Å². The van der Waals surface area contributed by atoms with Crippen LogP contribution in [-0.4, -0.2) is 24.9 Å². The Balaban J connectivity index is 1.73. The van der Waals surface area contributed by atoms with Gasteiger partial charge in [0.15, 0.2) is 0 Å². The first-order valence-electron chi connectivity index (χ1n) is 7.55. The first-order chi connectivity index (χ1) is 11.1. The van der Waals surface area contributed by atoms with Crippen LogP contribution in [0, 0.1) is 0 Å². The predicted molar refractivity (Wildman–Crippen MR) is 92.4 cm³/mol. The molecule has 0 aliphatic heterocycles. The van der Waals surface area contributed by atoms with Gasteiger partial charge in [0.2, 0.25) is 11.8 Å². The monoisotopic (exact) mass is 311 g/mol. The summed E-state index contributed by atoms with van der Waals surface area (Å²) in [5.74, 6) is -0.255. The summed E-state index contributed by atoms with van der Waals surface area (Å²) in [5.41, 5.74) is 2.56. The van der Waals surface area contributed by atoms with E-state index in [9.17, 15) is 9.59 Å². The zero-order valence-electron chi connectivity index (χ0n) is 13.1. The molecule has 120 valence electrons. The van der Waals surface area contributed by atoms with Crippen molar-refractivity contribution in [2.24, 2.45) is 0 Å². The number of amides is 2. The summed E-state index contributed by atoms with van der Waals surface area (Å²) in [6.45, 7) is 2.43. The van der Waals surface area contributed by atoms with Gasteiger partial charge in [-0.2, -0.15) is 0 Å². The fraction of sp³-hybridized carbons (Fsp3) is 0.222. The molecule has 0 spiro atoms. The Bertz CT molecular complexity index is 656. The van der Waals surface area contributed by atoms with E-state index in [-0.39, 0.29) is 18.4 Å². The summed E-state index contributed by atoms with van der Waals surface area (Å²) in [6.07, 6.45) is 0.881. The Hall–Kier alpha value is -2.66. The van der Waals surface area contributed by atoms with E-state index in [1.165, 1.54) is 12.5 Å². The highest BCUT2D eigenvalue weighted by atomic mass is 16.2. The molecule has 0 aliphatic rings. The third kappa shape index (κ3) is 6.32. The van der Waals surface area contributed by atoms with E-state index in [2.05, 4.69) is 28.1 Å². The molecule has 0 bridgehead atoms. The predicted octanol–water partition coefficient (Wildman–Crippen LogP) is 2.42. The maximum Gasteiger partial charge on any atom is 0.238 e. The van der Waals surface area contributed by atoms with Crippen LogP contribution < -0.4 is 16.0 Å². The second kappa shape index (κ2) is 8.70. The SMILES string of the molecule is CC(=O)Nc1cccc(NC(=O)CNCCc2ccccc2)c1. The molecule has 5 nitrogen and oxygen atoms in total. The smallest absolute Gasteiger partial charge is 0.238 e. The highest BCUT2D eigenvalue weighted by molar-refractivity contribution is 5.94. The quantitative estimate of drug-likeness (QED) is 0.688. The zero-order valence-corrected chi connectivity index (χ0v) is 13.1. The van der Waals surface area contributed by atoms with Gasteiger partial charge in [-0.3, -0.25) is 9.59 Å². The van der Waals surface area contributed by atoms with Crippen LogP contribution in [0.25, 0.3) is 0 Å². The zero-order chi connectivity index (χ0) is 16.5. The molecule has 23 heavy (non-hydrogen) atoms.